The molecule has 6 nitrogen and oxygen atoms in total. The summed E-state index contributed by atoms with van der Waals surface area (Å²) in [5, 5.41) is 9.46. The maximum Gasteiger partial charge on any atom is 0.261 e. The van der Waals surface area contributed by atoms with Gasteiger partial charge in [0, 0.05) is 27.8 Å². The van der Waals surface area contributed by atoms with Crippen LogP contribution in [0.1, 0.15) is 36.0 Å². The molecule has 5 rings (SSSR count). The van der Waals surface area contributed by atoms with Gasteiger partial charge >= 0.3 is 0 Å². The lowest BCUT2D eigenvalue weighted by Crippen LogP contribution is -2.38. The van der Waals surface area contributed by atoms with Crippen molar-refractivity contribution in [2.75, 3.05) is 10.5 Å². The van der Waals surface area contributed by atoms with Gasteiger partial charge in [0.2, 0.25) is 0 Å². The molecule has 0 unspecified atom stereocenters. The van der Waals surface area contributed by atoms with Crippen molar-refractivity contribution in [2.24, 2.45) is 5.92 Å². The Morgan fingerprint density at radius 2 is 1.41 bits per heavy atom. The summed E-state index contributed by atoms with van der Waals surface area (Å²) < 4.78 is 41.1. The first-order valence-electron chi connectivity index (χ1n) is 12.8. The van der Waals surface area contributed by atoms with Crippen LogP contribution in [-0.4, -0.2) is 25.4 Å². The van der Waals surface area contributed by atoms with Crippen molar-refractivity contribution in [3.8, 4) is 0 Å². The molecular formula is C31H31NO5S2. The number of nitrogens with one attached hydrogen (secondary N) is 1. The van der Waals surface area contributed by atoms with Crippen LogP contribution in [0.15, 0.2) is 119 Å². The molecular weight excluding hydrogens is 530 g/mol. The lowest BCUT2D eigenvalue weighted by Gasteiger charge is -2.41. The molecule has 0 spiro atoms. The van der Waals surface area contributed by atoms with Crippen molar-refractivity contribution < 1.29 is 23.0 Å². The predicted octanol–water partition coefficient (Wildman–Crippen LogP) is 6.56. The summed E-state index contributed by atoms with van der Waals surface area (Å²) in [6, 6.07) is 33.4. The molecule has 0 saturated carbocycles. The van der Waals surface area contributed by atoms with Gasteiger partial charge in [0.25, 0.3) is 10.0 Å². The van der Waals surface area contributed by atoms with E-state index in [1.54, 1.807) is 54.2 Å². The third-order valence-electron chi connectivity index (χ3n) is 6.77. The van der Waals surface area contributed by atoms with E-state index in [0.717, 1.165) is 22.4 Å². The van der Waals surface area contributed by atoms with Crippen molar-refractivity contribution in [2.45, 2.75) is 41.8 Å². The fraction of sp³-hybridized carbons (Fsp3) is 0.226. The number of aliphatic hydroxyl groups is 1. The zero-order valence-corrected chi connectivity index (χ0v) is 23.1. The first kappa shape index (κ1) is 27.4. The van der Waals surface area contributed by atoms with Crippen molar-refractivity contribution in [3.05, 3.63) is 126 Å². The van der Waals surface area contributed by atoms with Crippen molar-refractivity contribution in [1.82, 2.24) is 0 Å². The van der Waals surface area contributed by atoms with Gasteiger partial charge in [0.15, 0.2) is 6.29 Å². The molecule has 4 atom stereocenters. The monoisotopic (exact) mass is 561 g/mol. The second-order valence-corrected chi connectivity index (χ2v) is 12.3. The quantitative estimate of drug-likeness (QED) is 0.225. The van der Waals surface area contributed by atoms with Crippen LogP contribution >= 0.6 is 11.8 Å². The Bertz CT molecular complexity index is 1450. The lowest BCUT2D eigenvalue weighted by atomic mass is 9.91. The summed E-state index contributed by atoms with van der Waals surface area (Å²) in [6.45, 7) is 2.13. The fourth-order valence-corrected chi connectivity index (χ4v) is 6.70. The highest BCUT2D eigenvalue weighted by Crippen LogP contribution is 2.43. The fourth-order valence-electron chi connectivity index (χ4n) is 4.53. The predicted molar refractivity (Wildman–Crippen MR) is 154 cm³/mol. The van der Waals surface area contributed by atoms with Gasteiger partial charge in [-0.15, -0.1) is 11.8 Å². The number of anilines is 1. The molecule has 1 fully saturated rings. The molecule has 0 amide bonds. The lowest BCUT2D eigenvalue weighted by molar-refractivity contribution is -0.268. The van der Waals surface area contributed by atoms with Gasteiger partial charge in [-0.05, 0) is 47.5 Å². The zero-order valence-electron chi connectivity index (χ0n) is 21.5. The Balaban J connectivity index is 1.36. The van der Waals surface area contributed by atoms with Crippen molar-refractivity contribution >= 4 is 27.5 Å². The van der Waals surface area contributed by atoms with Crippen LogP contribution in [0.2, 0.25) is 0 Å². The van der Waals surface area contributed by atoms with Gasteiger partial charge in [0.05, 0.1) is 23.7 Å². The highest BCUT2D eigenvalue weighted by molar-refractivity contribution is 7.99. The second-order valence-electron chi connectivity index (χ2n) is 9.49. The van der Waals surface area contributed by atoms with Gasteiger partial charge in [-0.1, -0.05) is 79.7 Å². The summed E-state index contributed by atoms with van der Waals surface area (Å²) in [4.78, 5) is 1.38. The van der Waals surface area contributed by atoms with E-state index in [4.69, 9.17) is 9.47 Å². The normalized spacial score (nSPS) is 21.4. The van der Waals surface area contributed by atoms with Crippen LogP contribution in [0.5, 0.6) is 0 Å². The van der Waals surface area contributed by atoms with E-state index >= 15 is 0 Å². The Morgan fingerprint density at radius 1 is 0.795 bits per heavy atom. The molecule has 39 heavy (non-hydrogen) atoms. The topological polar surface area (TPSA) is 84.9 Å². The zero-order chi connectivity index (χ0) is 27.2. The average molecular weight is 562 g/mol. The molecule has 202 valence electrons. The van der Waals surface area contributed by atoms with Crippen LogP contribution in [0.3, 0.4) is 0 Å². The van der Waals surface area contributed by atoms with E-state index in [-0.39, 0.29) is 29.6 Å². The minimum Gasteiger partial charge on any atom is -0.392 e. The van der Waals surface area contributed by atoms with Crippen LogP contribution in [0.4, 0.5) is 5.69 Å². The molecule has 0 aliphatic carbocycles. The first-order valence-corrected chi connectivity index (χ1v) is 15.3. The second kappa shape index (κ2) is 12.4. The Hall–Kier alpha value is -3.14. The molecule has 0 aromatic heterocycles. The van der Waals surface area contributed by atoms with Crippen LogP contribution < -0.4 is 4.72 Å². The third kappa shape index (κ3) is 6.72. The number of ether oxygens (including phenoxy) is 2. The highest BCUT2D eigenvalue weighted by atomic mass is 32.2. The largest absolute Gasteiger partial charge is 0.392 e. The molecule has 1 aliphatic heterocycles. The van der Waals surface area contributed by atoms with E-state index in [0.29, 0.717) is 5.69 Å². The Kier molecular flexibility index (Phi) is 8.69. The van der Waals surface area contributed by atoms with Gasteiger partial charge in [-0.3, -0.25) is 4.72 Å². The first-order chi connectivity index (χ1) is 18.9. The Labute approximate surface area is 234 Å². The van der Waals surface area contributed by atoms with E-state index in [9.17, 15) is 13.5 Å². The van der Waals surface area contributed by atoms with Gasteiger partial charge in [0.1, 0.15) is 0 Å². The number of thioether (sulfide) groups is 1. The smallest absolute Gasteiger partial charge is 0.261 e. The number of benzene rings is 4. The minimum atomic E-state index is -3.68. The summed E-state index contributed by atoms with van der Waals surface area (Å²) in [5.74, 6) is 0.833. The Morgan fingerprint density at radius 3 is 2.05 bits per heavy atom. The number of hydrogen-bond donors (Lipinski definition) is 2. The summed E-state index contributed by atoms with van der Waals surface area (Å²) >= 11 is 1.75. The highest BCUT2D eigenvalue weighted by Gasteiger charge is 2.38. The van der Waals surface area contributed by atoms with Crippen LogP contribution in [-0.2, 0) is 26.1 Å². The summed E-state index contributed by atoms with van der Waals surface area (Å²) in [5.41, 5.74) is 3.13. The van der Waals surface area contributed by atoms with Crippen molar-refractivity contribution in [1.29, 1.82) is 0 Å². The molecule has 0 radical (unpaired) electrons. The molecule has 4 aromatic rings. The van der Waals surface area contributed by atoms with Crippen LogP contribution in [0, 0.1) is 5.92 Å². The summed E-state index contributed by atoms with van der Waals surface area (Å²) in [7, 11) is -3.68. The van der Waals surface area contributed by atoms with Gasteiger partial charge in [-0.25, -0.2) is 8.42 Å². The van der Waals surface area contributed by atoms with Crippen LogP contribution in [0.25, 0.3) is 0 Å². The maximum absolute atomic E-state index is 12.7. The number of hydrogen-bond acceptors (Lipinski definition) is 6. The molecule has 8 heteroatoms. The maximum atomic E-state index is 12.7. The SMILES string of the molecule is C[C@@H]1[C@H](CSc2ccccc2)O[C@H](c2ccc(NS(=O)(=O)c3ccccc3)cc2)O[C@@H]1c1ccc(CO)cc1. The molecule has 1 saturated heterocycles. The number of sulfonamides is 1. The van der Waals surface area contributed by atoms with E-state index in [2.05, 4.69) is 23.8 Å². The van der Waals surface area contributed by atoms with Gasteiger partial charge in [-0.2, -0.15) is 0 Å². The number of aliphatic hydroxyl groups excluding tert-OH is 1. The minimum absolute atomic E-state index is 0.0101. The molecule has 0 bridgehead atoms. The van der Waals surface area contributed by atoms with E-state index in [1.807, 2.05) is 54.6 Å². The molecule has 4 aromatic carbocycles. The average Bonchev–Trinajstić information content (AvgIpc) is 2.98. The van der Waals surface area contributed by atoms with Gasteiger partial charge < -0.3 is 14.6 Å². The summed E-state index contributed by atoms with van der Waals surface area (Å²) in [6.07, 6.45) is -0.924. The van der Waals surface area contributed by atoms with E-state index < -0.39 is 16.3 Å². The third-order valence-corrected chi connectivity index (χ3v) is 9.27. The molecule has 1 aliphatic rings. The van der Waals surface area contributed by atoms with E-state index in [1.165, 1.54) is 4.90 Å². The number of rotatable bonds is 9. The standard InChI is InChI=1S/C31H31NO5S2/c1-22-29(21-38-27-8-4-2-5-9-27)36-31(37-30(22)24-14-12-23(20-33)13-15-24)25-16-18-26(19-17-25)32-39(34,35)28-10-6-3-7-11-28/h2-19,22,29-33H,20-21H2,1H3/t22-,29+,30+,31+/m1/s1. The molecule has 1 heterocycles. The molecule has 2 N–H and O–H groups in total. The van der Waals surface area contributed by atoms with Crippen molar-refractivity contribution in [3.63, 3.8) is 0 Å².